The first-order valence-corrected chi connectivity index (χ1v) is 11.2. The molecule has 4 aromatic rings. The molecule has 1 atom stereocenters. The van der Waals surface area contributed by atoms with Crippen molar-refractivity contribution in [3.05, 3.63) is 90.8 Å². The first-order chi connectivity index (χ1) is 15.6. The molecule has 0 bridgehead atoms. The number of benzene rings is 3. The van der Waals surface area contributed by atoms with Gasteiger partial charge in [0.2, 0.25) is 5.91 Å². The Morgan fingerprint density at radius 1 is 1.03 bits per heavy atom. The normalized spacial score (nSPS) is 11.7. The van der Waals surface area contributed by atoms with Gasteiger partial charge in [-0.3, -0.25) is 9.36 Å². The zero-order chi connectivity index (χ0) is 22.3. The topological polar surface area (TPSA) is 69.0 Å². The van der Waals surface area contributed by atoms with E-state index in [1.807, 2.05) is 54.0 Å². The molecule has 1 heterocycles. The number of rotatable bonds is 8. The second kappa shape index (κ2) is 10.2. The molecule has 32 heavy (non-hydrogen) atoms. The van der Waals surface area contributed by atoms with Gasteiger partial charge in [0, 0.05) is 6.07 Å². The van der Waals surface area contributed by atoms with E-state index in [1.165, 1.54) is 17.3 Å². The molecule has 7 heteroatoms. The number of hydrogen-bond acceptors (Lipinski definition) is 5. The van der Waals surface area contributed by atoms with Gasteiger partial charge in [0.05, 0.1) is 24.6 Å². The van der Waals surface area contributed by atoms with Gasteiger partial charge in [-0.2, -0.15) is 0 Å². The van der Waals surface area contributed by atoms with Crippen LogP contribution in [0.4, 0.5) is 0 Å². The van der Waals surface area contributed by atoms with Crippen molar-refractivity contribution in [2.45, 2.75) is 18.1 Å². The Balaban J connectivity index is 1.35. The highest BCUT2D eigenvalue weighted by molar-refractivity contribution is 7.99. The van der Waals surface area contributed by atoms with Gasteiger partial charge >= 0.3 is 0 Å². The standard InChI is InChI=1S/C25H24N4O2S/c1-18(19-11-13-21(14-12-19)20-7-4-3-5-8-20)27-24(30)16-32-25-28-26-17-29(25)22-9-6-10-23(15-22)31-2/h3-15,17-18H,16H2,1-2H3,(H,27,30)/t18-/m0/s1. The Morgan fingerprint density at radius 3 is 2.53 bits per heavy atom. The zero-order valence-corrected chi connectivity index (χ0v) is 18.8. The van der Waals surface area contributed by atoms with Crippen molar-refractivity contribution < 1.29 is 9.53 Å². The molecule has 1 amide bonds. The predicted octanol–water partition coefficient (Wildman–Crippen LogP) is 4.91. The van der Waals surface area contributed by atoms with Crippen molar-refractivity contribution in [1.82, 2.24) is 20.1 Å². The third kappa shape index (κ3) is 5.18. The fourth-order valence-corrected chi connectivity index (χ4v) is 4.09. The van der Waals surface area contributed by atoms with E-state index in [0.717, 1.165) is 22.6 Å². The summed E-state index contributed by atoms with van der Waals surface area (Å²) < 4.78 is 7.12. The van der Waals surface area contributed by atoms with Crippen LogP contribution >= 0.6 is 11.8 Å². The number of aromatic nitrogens is 3. The van der Waals surface area contributed by atoms with Gasteiger partial charge in [-0.25, -0.2) is 0 Å². The highest BCUT2D eigenvalue weighted by Gasteiger charge is 2.13. The maximum absolute atomic E-state index is 12.5. The molecule has 0 radical (unpaired) electrons. The average molecular weight is 445 g/mol. The summed E-state index contributed by atoms with van der Waals surface area (Å²) in [5, 5.41) is 11.8. The van der Waals surface area contributed by atoms with Gasteiger partial charge in [0.25, 0.3) is 0 Å². The molecule has 0 aliphatic carbocycles. The zero-order valence-electron chi connectivity index (χ0n) is 17.9. The fraction of sp³-hybridized carbons (Fsp3) is 0.160. The molecule has 0 unspecified atom stereocenters. The van der Waals surface area contributed by atoms with Crippen molar-refractivity contribution in [1.29, 1.82) is 0 Å². The number of hydrogen-bond donors (Lipinski definition) is 1. The largest absolute Gasteiger partial charge is 0.497 e. The number of ether oxygens (including phenoxy) is 1. The lowest BCUT2D eigenvalue weighted by Gasteiger charge is -2.15. The Bertz CT molecular complexity index is 1180. The first kappa shape index (κ1) is 21.6. The van der Waals surface area contributed by atoms with Crippen LogP contribution in [0.15, 0.2) is 90.3 Å². The highest BCUT2D eigenvalue weighted by atomic mass is 32.2. The number of amides is 1. The van der Waals surface area contributed by atoms with Crippen molar-refractivity contribution in [3.63, 3.8) is 0 Å². The van der Waals surface area contributed by atoms with E-state index in [2.05, 4.69) is 51.9 Å². The predicted molar refractivity (Wildman–Crippen MR) is 127 cm³/mol. The quantitative estimate of drug-likeness (QED) is 0.391. The summed E-state index contributed by atoms with van der Waals surface area (Å²) in [4.78, 5) is 12.5. The molecular formula is C25H24N4O2S. The molecular weight excluding hydrogens is 420 g/mol. The number of nitrogens with zero attached hydrogens (tertiary/aromatic N) is 3. The number of methoxy groups -OCH3 is 1. The molecule has 4 rings (SSSR count). The lowest BCUT2D eigenvalue weighted by molar-refractivity contribution is -0.119. The van der Waals surface area contributed by atoms with E-state index in [9.17, 15) is 4.79 Å². The molecule has 1 N–H and O–H groups in total. The van der Waals surface area contributed by atoms with Crippen molar-refractivity contribution in [2.24, 2.45) is 0 Å². The molecule has 0 spiro atoms. The second-order valence-corrected chi connectivity index (χ2v) is 8.19. The molecule has 0 saturated carbocycles. The lowest BCUT2D eigenvalue weighted by Crippen LogP contribution is -2.28. The Morgan fingerprint density at radius 2 is 1.78 bits per heavy atom. The molecule has 162 valence electrons. The number of thioether (sulfide) groups is 1. The smallest absolute Gasteiger partial charge is 0.230 e. The number of carbonyl (C=O) groups is 1. The molecule has 0 aliphatic heterocycles. The molecule has 6 nitrogen and oxygen atoms in total. The van der Waals surface area contributed by atoms with E-state index in [-0.39, 0.29) is 17.7 Å². The van der Waals surface area contributed by atoms with Crippen LogP contribution in [0.5, 0.6) is 5.75 Å². The van der Waals surface area contributed by atoms with Crippen molar-refractivity contribution in [2.75, 3.05) is 12.9 Å². The van der Waals surface area contributed by atoms with Gasteiger partial charge < -0.3 is 10.1 Å². The number of carbonyl (C=O) groups excluding carboxylic acids is 1. The van der Waals surface area contributed by atoms with Crippen LogP contribution in [0, 0.1) is 0 Å². The van der Waals surface area contributed by atoms with Crippen LogP contribution in [0.3, 0.4) is 0 Å². The Hall–Kier alpha value is -3.58. The Kier molecular flexibility index (Phi) is 6.87. The van der Waals surface area contributed by atoms with Gasteiger partial charge in [0.15, 0.2) is 5.16 Å². The molecule has 1 aromatic heterocycles. The van der Waals surface area contributed by atoms with Crippen LogP contribution in [0.2, 0.25) is 0 Å². The summed E-state index contributed by atoms with van der Waals surface area (Å²) in [6.45, 7) is 1.98. The maximum atomic E-state index is 12.5. The minimum absolute atomic E-state index is 0.0603. The van der Waals surface area contributed by atoms with Crippen LogP contribution in [-0.4, -0.2) is 33.5 Å². The minimum Gasteiger partial charge on any atom is -0.497 e. The van der Waals surface area contributed by atoms with Gasteiger partial charge in [0.1, 0.15) is 12.1 Å². The monoisotopic (exact) mass is 444 g/mol. The molecule has 0 aliphatic rings. The average Bonchev–Trinajstić information content (AvgIpc) is 3.32. The summed E-state index contributed by atoms with van der Waals surface area (Å²) in [6.07, 6.45) is 1.63. The van der Waals surface area contributed by atoms with E-state index in [1.54, 1.807) is 13.4 Å². The van der Waals surface area contributed by atoms with E-state index in [4.69, 9.17) is 4.74 Å². The van der Waals surface area contributed by atoms with Gasteiger partial charge in [-0.1, -0.05) is 72.4 Å². The molecule has 0 fully saturated rings. The lowest BCUT2D eigenvalue weighted by atomic mass is 10.0. The minimum atomic E-state index is -0.0934. The molecule has 0 saturated heterocycles. The fourth-order valence-electron chi connectivity index (χ4n) is 3.35. The van der Waals surface area contributed by atoms with Crippen molar-refractivity contribution in [3.8, 4) is 22.6 Å². The van der Waals surface area contributed by atoms with Crippen LogP contribution in [-0.2, 0) is 4.79 Å². The van der Waals surface area contributed by atoms with E-state index >= 15 is 0 Å². The molecule has 3 aromatic carbocycles. The summed E-state index contributed by atoms with van der Waals surface area (Å²) in [5.41, 5.74) is 4.26. The first-order valence-electron chi connectivity index (χ1n) is 10.3. The van der Waals surface area contributed by atoms with E-state index in [0.29, 0.717) is 5.16 Å². The van der Waals surface area contributed by atoms with E-state index < -0.39 is 0 Å². The third-order valence-corrected chi connectivity index (χ3v) is 6.02. The maximum Gasteiger partial charge on any atom is 0.230 e. The summed E-state index contributed by atoms with van der Waals surface area (Å²) in [6, 6.07) is 26.0. The summed E-state index contributed by atoms with van der Waals surface area (Å²) >= 11 is 1.34. The van der Waals surface area contributed by atoms with Gasteiger partial charge in [-0.05, 0) is 35.7 Å². The summed E-state index contributed by atoms with van der Waals surface area (Å²) in [5.74, 6) is 0.932. The van der Waals surface area contributed by atoms with Crippen LogP contribution in [0.25, 0.3) is 16.8 Å². The van der Waals surface area contributed by atoms with Gasteiger partial charge in [-0.15, -0.1) is 10.2 Å². The van der Waals surface area contributed by atoms with Crippen LogP contribution < -0.4 is 10.1 Å². The van der Waals surface area contributed by atoms with Crippen LogP contribution in [0.1, 0.15) is 18.5 Å². The highest BCUT2D eigenvalue weighted by Crippen LogP contribution is 2.24. The Labute approximate surface area is 191 Å². The second-order valence-electron chi connectivity index (χ2n) is 7.25. The summed E-state index contributed by atoms with van der Waals surface area (Å²) in [7, 11) is 1.63. The third-order valence-electron chi connectivity index (χ3n) is 5.08. The SMILES string of the molecule is COc1cccc(-n2cnnc2SCC(=O)N[C@@H](C)c2ccc(-c3ccccc3)cc2)c1. The number of nitrogens with one attached hydrogen (secondary N) is 1. The van der Waals surface area contributed by atoms with Crippen molar-refractivity contribution >= 4 is 17.7 Å².